The van der Waals surface area contributed by atoms with Crippen LogP contribution >= 0.6 is 11.6 Å². The summed E-state index contributed by atoms with van der Waals surface area (Å²) in [5, 5.41) is 13.7. The zero-order chi connectivity index (χ0) is 19.8. The Morgan fingerprint density at radius 1 is 1.36 bits per heavy atom. The van der Waals surface area contributed by atoms with Crippen molar-refractivity contribution in [1.29, 1.82) is 0 Å². The largest absolute Gasteiger partial charge is 0.396 e. The number of benzene rings is 1. The van der Waals surface area contributed by atoms with Gasteiger partial charge in [0.05, 0.1) is 35.2 Å². The molecule has 0 aliphatic rings. The van der Waals surface area contributed by atoms with Crippen molar-refractivity contribution in [1.82, 2.24) is 24.1 Å². The van der Waals surface area contributed by atoms with Gasteiger partial charge in [0.15, 0.2) is 0 Å². The Morgan fingerprint density at radius 3 is 2.93 bits per heavy atom. The van der Waals surface area contributed by atoms with Gasteiger partial charge >= 0.3 is 0 Å². The van der Waals surface area contributed by atoms with Gasteiger partial charge in [-0.3, -0.25) is 9.20 Å². The number of imidazole rings is 1. The average Bonchev–Trinajstić information content (AvgIpc) is 3.35. The van der Waals surface area contributed by atoms with E-state index in [9.17, 15) is 9.90 Å². The molecule has 28 heavy (non-hydrogen) atoms. The van der Waals surface area contributed by atoms with Crippen molar-refractivity contribution in [3.63, 3.8) is 0 Å². The number of hydrogen-bond donors (Lipinski definition) is 1. The third-order valence-electron chi connectivity index (χ3n) is 4.58. The van der Waals surface area contributed by atoms with Crippen LogP contribution in [0.25, 0.3) is 28.1 Å². The van der Waals surface area contributed by atoms with Crippen molar-refractivity contribution in [2.45, 2.75) is 19.4 Å². The molecule has 1 aromatic carbocycles. The highest BCUT2D eigenvalue weighted by molar-refractivity contribution is 6.35. The van der Waals surface area contributed by atoms with Gasteiger partial charge < -0.3 is 18.9 Å². The van der Waals surface area contributed by atoms with Gasteiger partial charge in [0.2, 0.25) is 11.7 Å². The normalized spacial score (nSPS) is 12.9. The second-order valence-electron chi connectivity index (χ2n) is 6.41. The Morgan fingerprint density at radius 2 is 2.18 bits per heavy atom. The molecule has 1 N–H and O–H groups in total. The number of ether oxygens (including phenoxy) is 1. The number of aliphatic hydroxyl groups excluding tert-OH is 1. The van der Waals surface area contributed by atoms with Crippen LogP contribution in [0.4, 0.5) is 0 Å². The Labute approximate surface area is 164 Å². The van der Waals surface area contributed by atoms with Crippen molar-refractivity contribution in [2.75, 3.05) is 20.3 Å². The number of aliphatic hydroxyl groups is 1. The van der Waals surface area contributed by atoms with Crippen molar-refractivity contribution >= 4 is 28.2 Å². The minimum atomic E-state index is -0.312. The summed E-state index contributed by atoms with van der Waals surface area (Å²) in [7, 11) is 1.57. The molecule has 1 atom stereocenters. The molecule has 4 aromatic rings. The maximum Gasteiger partial charge on any atom is 0.277 e. The Balaban J connectivity index is 2.01. The lowest BCUT2D eigenvalue weighted by Crippen LogP contribution is -2.25. The van der Waals surface area contributed by atoms with Crippen LogP contribution in [0.2, 0.25) is 5.02 Å². The molecule has 9 nitrogen and oxygen atoms in total. The first-order chi connectivity index (χ1) is 13.6. The fourth-order valence-electron chi connectivity index (χ4n) is 3.10. The van der Waals surface area contributed by atoms with Gasteiger partial charge in [-0.2, -0.15) is 4.98 Å². The summed E-state index contributed by atoms with van der Waals surface area (Å²) < 4.78 is 13.6. The Kier molecular flexibility index (Phi) is 4.88. The molecule has 0 saturated carbocycles. The van der Waals surface area contributed by atoms with E-state index in [2.05, 4.69) is 15.1 Å². The minimum Gasteiger partial charge on any atom is -0.396 e. The van der Waals surface area contributed by atoms with Gasteiger partial charge in [0, 0.05) is 13.7 Å². The zero-order valence-corrected chi connectivity index (χ0v) is 16.0. The van der Waals surface area contributed by atoms with E-state index in [4.69, 9.17) is 20.9 Å². The van der Waals surface area contributed by atoms with E-state index in [0.717, 1.165) is 5.52 Å². The van der Waals surface area contributed by atoms with E-state index in [1.807, 2.05) is 12.1 Å². The average molecular weight is 404 g/mol. The van der Waals surface area contributed by atoms with Crippen molar-refractivity contribution < 1.29 is 14.4 Å². The number of para-hydroxylation sites is 1. The summed E-state index contributed by atoms with van der Waals surface area (Å²) in [6, 6.07) is 5.40. The fraction of sp³-hybridized carbons (Fsp3) is 0.333. The first kappa shape index (κ1) is 18.6. The van der Waals surface area contributed by atoms with Gasteiger partial charge in [0.25, 0.3) is 5.56 Å². The molecule has 0 amide bonds. The van der Waals surface area contributed by atoms with E-state index < -0.39 is 0 Å². The first-order valence-electron chi connectivity index (χ1n) is 8.68. The maximum atomic E-state index is 13.3. The summed E-state index contributed by atoms with van der Waals surface area (Å²) in [6.45, 7) is 2.31. The molecule has 0 aliphatic carbocycles. The molecule has 0 radical (unpaired) electrons. The highest BCUT2D eigenvalue weighted by Gasteiger charge is 2.22. The summed E-state index contributed by atoms with van der Waals surface area (Å²) in [6.07, 6.45) is 1.54. The van der Waals surface area contributed by atoms with Crippen LogP contribution in [-0.2, 0) is 11.3 Å². The molecule has 3 heterocycles. The zero-order valence-electron chi connectivity index (χ0n) is 15.3. The van der Waals surface area contributed by atoms with Crippen LogP contribution in [0, 0.1) is 0 Å². The quantitative estimate of drug-likeness (QED) is 0.525. The third-order valence-corrected chi connectivity index (χ3v) is 4.88. The van der Waals surface area contributed by atoms with Crippen molar-refractivity contribution in [2.24, 2.45) is 0 Å². The Bertz CT molecular complexity index is 1210. The number of halogens is 1. The molecule has 1 unspecified atom stereocenters. The van der Waals surface area contributed by atoms with E-state index >= 15 is 0 Å². The first-order valence-corrected chi connectivity index (χ1v) is 9.06. The number of fused-ring (bicyclic) bond motifs is 3. The summed E-state index contributed by atoms with van der Waals surface area (Å²) in [5.41, 5.74) is 1.66. The van der Waals surface area contributed by atoms with Crippen LogP contribution in [0.1, 0.15) is 18.7 Å². The molecule has 0 fully saturated rings. The molecule has 0 bridgehead atoms. The van der Waals surface area contributed by atoms with Crippen LogP contribution in [0.3, 0.4) is 0 Å². The predicted octanol–water partition coefficient (Wildman–Crippen LogP) is 2.09. The van der Waals surface area contributed by atoms with Crippen molar-refractivity contribution in [3.8, 4) is 11.5 Å². The molecule has 10 heteroatoms. The summed E-state index contributed by atoms with van der Waals surface area (Å²) >= 11 is 6.39. The number of nitrogens with zero attached hydrogens (tertiary/aromatic N) is 5. The standard InChI is InChI=1S/C18H18ClN5O4/c1-10(8-25)17-21-16(22-28-17)13-15-18(26)23(6-7-27-2)14-11(19)4-3-5-12(14)24(15)9-20-13/h3-5,9-10,25H,6-8H2,1-2H3. The molecule has 0 spiro atoms. The number of rotatable bonds is 6. The van der Waals surface area contributed by atoms with Crippen molar-refractivity contribution in [3.05, 3.63) is 45.8 Å². The molecule has 0 saturated heterocycles. The molecule has 4 rings (SSSR count). The summed E-state index contributed by atoms with van der Waals surface area (Å²) in [5.74, 6) is 0.157. The second-order valence-corrected chi connectivity index (χ2v) is 6.82. The smallest absolute Gasteiger partial charge is 0.277 e. The monoisotopic (exact) mass is 403 g/mol. The molecule has 146 valence electrons. The van der Waals surface area contributed by atoms with Gasteiger partial charge in [-0.25, -0.2) is 4.98 Å². The highest BCUT2D eigenvalue weighted by atomic mass is 35.5. The fourth-order valence-corrected chi connectivity index (χ4v) is 3.37. The molecule has 3 aromatic heterocycles. The van der Waals surface area contributed by atoms with E-state index in [0.29, 0.717) is 34.9 Å². The Hall–Kier alpha value is -2.75. The van der Waals surface area contributed by atoms with Crippen LogP contribution in [-0.4, -0.2) is 49.5 Å². The third kappa shape index (κ3) is 2.88. The van der Waals surface area contributed by atoms with Gasteiger partial charge in [0.1, 0.15) is 17.5 Å². The minimum absolute atomic E-state index is 0.126. The molecular formula is C18H18ClN5O4. The van der Waals surface area contributed by atoms with Gasteiger partial charge in [-0.15, -0.1) is 0 Å². The van der Waals surface area contributed by atoms with Gasteiger partial charge in [-0.05, 0) is 12.1 Å². The van der Waals surface area contributed by atoms with E-state index in [-0.39, 0.29) is 29.8 Å². The topological polar surface area (TPSA) is 108 Å². The van der Waals surface area contributed by atoms with Crippen LogP contribution < -0.4 is 5.56 Å². The number of hydrogen-bond acceptors (Lipinski definition) is 7. The summed E-state index contributed by atoms with van der Waals surface area (Å²) in [4.78, 5) is 22.0. The van der Waals surface area contributed by atoms with Crippen LogP contribution in [0.15, 0.2) is 33.8 Å². The SMILES string of the molecule is COCCn1c(=O)c2c(-c3noc(C(C)CO)n3)ncn2c2cccc(Cl)c21. The van der Waals surface area contributed by atoms with Gasteiger partial charge in [-0.1, -0.05) is 29.7 Å². The second kappa shape index (κ2) is 7.34. The predicted molar refractivity (Wildman–Crippen MR) is 103 cm³/mol. The van der Waals surface area contributed by atoms with E-state index in [1.54, 1.807) is 29.1 Å². The molecule has 0 aliphatic heterocycles. The number of methoxy groups -OCH3 is 1. The number of aromatic nitrogens is 5. The van der Waals surface area contributed by atoms with Crippen LogP contribution in [0.5, 0.6) is 0 Å². The lowest BCUT2D eigenvalue weighted by atomic mass is 10.2. The van der Waals surface area contributed by atoms with E-state index in [1.165, 1.54) is 6.33 Å². The molecular weight excluding hydrogens is 386 g/mol. The highest BCUT2D eigenvalue weighted by Crippen LogP contribution is 2.27. The maximum absolute atomic E-state index is 13.3. The lowest BCUT2D eigenvalue weighted by Gasteiger charge is -2.13. The lowest BCUT2D eigenvalue weighted by molar-refractivity contribution is 0.187.